The van der Waals surface area contributed by atoms with Gasteiger partial charge in [0, 0.05) is 5.69 Å². The van der Waals surface area contributed by atoms with E-state index in [-0.39, 0.29) is 5.57 Å². The number of aryl methyl sites for hydroxylation is 2. The first-order chi connectivity index (χ1) is 14.9. The maximum absolute atomic E-state index is 12.6. The summed E-state index contributed by atoms with van der Waals surface area (Å²) >= 11 is 12.7. The first-order valence-corrected chi connectivity index (χ1v) is 10.3. The van der Waals surface area contributed by atoms with E-state index in [1.165, 1.54) is 6.08 Å². The van der Waals surface area contributed by atoms with Gasteiger partial charge in [0.1, 0.15) is 18.2 Å². The molecule has 0 unspecified atom stereocenters. The molecular formula is C25H20Cl2N2O2. The smallest absolute Gasteiger partial charge is 0.266 e. The van der Waals surface area contributed by atoms with Gasteiger partial charge in [-0.25, -0.2) is 0 Å². The first kappa shape index (κ1) is 22.4. The molecule has 3 rings (SSSR count). The number of carbonyl (C=O) groups excluding carboxylic acids is 1. The van der Waals surface area contributed by atoms with Crippen molar-refractivity contribution in [3.63, 3.8) is 0 Å². The fourth-order valence-electron chi connectivity index (χ4n) is 2.99. The van der Waals surface area contributed by atoms with Crippen LogP contribution >= 0.6 is 23.2 Å². The van der Waals surface area contributed by atoms with Crippen LogP contribution in [0.4, 0.5) is 5.69 Å². The van der Waals surface area contributed by atoms with Crippen LogP contribution in [0.15, 0.2) is 66.2 Å². The molecule has 0 aliphatic carbocycles. The molecule has 0 heterocycles. The van der Waals surface area contributed by atoms with Gasteiger partial charge < -0.3 is 10.1 Å². The van der Waals surface area contributed by atoms with E-state index >= 15 is 0 Å². The lowest BCUT2D eigenvalue weighted by Crippen LogP contribution is -2.14. The van der Waals surface area contributed by atoms with Crippen LogP contribution in [0.25, 0.3) is 6.08 Å². The third-order valence-corrected chi connectivity index (χ3v) is 5.11. The number of rotatable bonds is 6. The van der Waals surface area contributed by atoms with E-state index < -0.39 is 5.91 Å². The largest absolute Gasteiger partial charge is 0.486 e. The molecule has 0 aliphatic heterocycles. The van der Waals surface area contributed by atoms with Gasteiger partial charge in [-0.3, -0.25) is 4.79 Å². The maximum Gasteiger partial charge on any atom is 0.266 e. The van der Waals surface area contributed by atoms with Crippen LogP contribution in [0.1, 0.15) is 22.3 Å². The normalized spacial score (nSPS) is 11.0. The Morgan fingerprint density at radius 1 is 1.06 bits per heavy atom. The topological polar surface area (TPSA) is 62.1 Å². The summed E-state index contributed by atoms with van der Waals surface area (Å²) in [7, 11) is 0. The Labute approximate surface area is 191 Å². The predicted molar refractivity (Wildman–Crippen MR) is 125 cm³/mol. The zero-order chi connectivity index (χ0) is 22.4. The minimum atomic E-state index is -0.508. The average molecular weight is 451 g/mol. The van der Waals surface area contributed by atoms with Crippen LogP contribution < -0.4 is 10.1 Å². The monoisotopic (exact) mass is 450 g/mol. The third kappa shape index (κ3) is 5.88. The Morgan fingerprint density at radius 2 is 1.74 bits per heavy atom. The summed E-state index contributed by atoms with van der Waals surface area (Å²) in [6.07, 6.45) is 1.44. The van der Waals surface area contributed by atoms with Crippen LogP contribution in [0, 0.1) is 25.2 Å². The highest BCUT2D eigenvalue weighted by molar-refractivity contribution is 6.37. The van der Waals surface area contributed by atoms with Crippen LogP contribution in [0.3, 0.4) is 0 Å². The number of ether oxygens (including phenoxy) is 1. The van der Waals surface area contributed by atoms with Crippen LogP contribution in [0.5, 0.6) is 5.75 Å². The lowest BCUT2D eigenvalue weighted by atomic mass is 10.1. The Bertz CT molecular complexity index is 1160. The van der Waals surface area contributed by atoms with Crippen molar-refractivity contribution in [1.82, 2.24) is 0 Å². The molecule has 1 N–H and O–H groups in total. The second kappa shape index (κ2) is 10.2. The van der Waals surface area contributed by atoms with Crippen LogP contribution in [-0.4, -0.2) is 5.91 Å². The number of anilines is 1. The Hall–Kier alpha value is -3.26. The second-order valence-electron chi connectivity index (χ2n) is 7.03. The van der Waals surface area contributed by atoms with Gasteiger partial charge in [0.25, 0.3) is 5.91 Å². The molecule has 0 aromatic heterocycles. The number of amides is 1. The molecule has 156 valence electrons. The van der Waals surface area contributed by atoms with Crippen molar-refractivity contribution in [2.75, 3.05) is 5.32 Å². The molecule has 31 heavy (non-hydrogen) atoms. The van der Waals surface area contributed by atoms with Gasteiger partial charge in [-0.1, -0.05) is 71.2 Å². The molecule has 0 radical (unpaired) electrons. The van der Waals surface area contributed by atoms with Crippen molar-refractivity contribution in [3.8, 4) is 11.8 Å². The van der Waals surface area contributed by atoms with Crippen LogP contribution in [-0.2, 0) is 11.4 Å². The number of nitriles is 1. The van der Waals surface area contributed by atoms with Gasteiger partial charge in [0.2, 0.25) is 0 Å². The van der Waals surface area contributed by atoms with Crippen molar-refractivity contribution in [3.05, 3.63) is 98.5 Å². The quantitative estimate of drug-likeness (QED) is 0.334. The molecule has 0 bridgehead atoms. The van der Waals surface area contributed by atoms with E-state index in [1.54, 1.807) is 12.1 Å². The summed E-state index contributed by atoms with van der Waals surface area (Å²) in [6.45, 7) is 4.18. The summed E-state index contributed by atoms with van der Waals surface area (Å²) in [5.41, 5.74) is 4.09. The number of benzene rings is 3. The second-order valence-corrected chi connectivity index (χ2v) is 7.84. The zero-order valence-corrected chi connectivity index (χ0v) is 18.6. The van der Waals surface area contributed by atoms with Gasteiger partial charge in [-0.15, -0.1) is 0 Å². The molecule has 3 aromatic rings. The minimum Gasteiger partial charge on any atom is -0.486 e. The number of hydrogen-bond acceptors (Lipinski definition) is 3. The fourth-order valence-corrected chi connectivity index (χ4v) is 3.60. The maximum atomic E-state index is 12.6. The highest BCUT2D eigenvalue weighted by Gasteiger charge is 2.14. The van der Waals surface area contributed by atoms with Crippen LogP contribution in [0.2, 0.25) is 10.0 Å². The number of hydrogen-bond donors (Lipinski definition) is 1. The lowest BCUT2D eigenvalue weighted by Gasteiger charge is -2.11. The molecule has 0 spiro atoms. The fraction of sp³-hybridized carbons (Fsp3) is 0.120. The minimum absolute atomic E-state index is 0.0648. The zero-order valence-electron chi connectivity index (χ0n) is 17.1. The van der Waals surface area contributed by atoms with E-state index in [9.17, 15) is 10.1 Å². The molecule has 6 heteroatoms. The summed E-state index contributed by atoms with van der Waals surface area (Å²) in [6, 6.07) is 20.4. The highest BCUT2D eigenvalue weighted by Crippen LogP contribution is 2.35. The Balaban J connectivity index is 1.79. The molecule has 0 atom stereocenters. The summed E-state index contributed by atoms with van der Waals surface area (Å²) in [5.74, 6) is -0.159. The SMILES string of the molecule is Cc1ccc(NC(=O)/C(C#N)=C/c2cc(Cl)c(OCc3ccccc3)c(Cl)c2)c(C)c1. The standard InChI is InChI=1S/C25H20Cl2N2O2/c1-16-8-9-23(17(2)10-16)29-25(30)20(14-28)11-19-12-21(26)24(22(27)13-19)31-15-18-6-4-3-5-7-18/h3-13H,15H2,1-2H3,(H,29,30)/b20-11+. The molecule has 1 amide bonds. The van der Waals surface area contributed by atoms with Crippen molar-refractivity contribution in [2.24, 2.45) is 0 Å². The van der Waals surface area contributed by atoms with Gasteiger partial charge in [0.15, 0.2) is 5.75 Å². The Kier molecular flexibility index (Phi) is 7.36. The first-order valence-electron chi connectivity index (χ1n) is 9.53. The number of halogens is 2. The number of nitrogens with zero attached hydrogens (tertiary/aromatic N) is 1. The Morgan fingerprint density at radius 3 is 2.35 bits per heavy atom. The van der Waals surface area contributed by atoms with E-state index in [4.69, 9.17) is 27.9 Å². The van der Waals surface area contributed by atoms with Crippen molar-refractivity contribution in [2.45, 2.75) is 20.5 Å². The highest BCUT2D eigenvalue weighted by atomic mass is 35.5. The molecule has 4 nitrogen and oxygen atoms in total. The van der Waals surface area contributed by atoms with Gasteiger partial charge in [-0.2, -0.15) is 5.26 Å². The van der Waals surface area contributed by atoms with Crippen molar-refractivity contribution >= 4 is 40.9 Å². The van der Waals surface area contributed by atoms with E-state index in [1.807, 2.05) is 68.4 Å². The van der Waals surface area contributed by atoms with E-state index in [2.05, 4.69) is 5.32 Å². The molecule has 0 saturated heterocycles. The average Bonchev–Trinajstić information content (AvgIpc) is 2.74. The van der Waals surface area contributed by atoms with E-state index in [0.717, 1.165) is 16.7 Å². The molecule has 0 aliphatic rings. The van der Waals surface area contributed by atoms with Gasteiger partial charge in [0.05, 0.1) is 10.0 Å². The van der Waals surface area contributed by atoms with Gasteiger partial charge >= 0.3 is 0 Å². The third-order valence-electron chi connectivity index (χ3n) is 4.55. The van der Waals surface area contributed by atoms with Crippen molar-refractivity contribution < 1.29 is 9.53 Å². The van der Waals surface area contributed by atoms with E-state index in [0.29, 0.717) is 33.7 Å². The van der Waals surface area contributed by atoms with Gasteiger partial charge in [-0.05, 0) is 54.8 Å². The molecule has 3 aromatic carbocycles. The predicted octanol–water partition coefficient (Wildman–Crippen LogP) is 6.73. The molecular weight excluding hydrogens is 431 g/mol. The summed E-state index contributed by atoms with van der Waals surface area (Å²) in [4.78, 5) is 12.6. The number of nitrogens with one attached hydrogen (secondary N) is 1. The molecule has 0 saturated carbocycles. The number of carbonyl (C=O) groups is 1. The lowest BCUT2D eigenvalue weighted by molar-refractivity contribution is -0.112. The summed E-state index contributed by atoms with van der Waals surface area (Å²) in [5, 5.41) is 12.8. The summed E-state index contributed by atoms with van der Waals surface area (Å²) < 4.78 is 5.76. The molecule has 0 fully saturated rings. The van der Waals surface area contributed by atoms with Crippen molar-refractivity contribution in [1.29, 1.82) is 5.26 Å².